The number of hydrogen-bond acceptors (Lipinski definition) is 4. The number of rotatable bonds is 4. The summed E-state index contributed by atoms with van der Waals surface area (Å²) < 4.78 is 0. The number of nitrogens with one attached hydrogen (secondary N) is 1. The average Bonchev–Trinajstić information content (AvgIpc) is 2.99. The van der Waals surface area contributed by atoms with Crippen LogP contribution in [0.4, 0.5) is 11.4 Å². The second-order valence-electron chi connectivity index (χ2n) is 6.20. The first-order chi connectivity index (χ1) is 12.3. The topological polar surface area (TPSA) is 89.5 Å². The molecule has 1 saturated heterocycles. The SMILES string of the molecule is Cc1ccc(N2C[C@@H](C(=O)Nc3cccc(C(=O)[O-])c3)CC2=O)cc1Cl. The van der Waals surface area contributed by atoms with Crippen molar-refractivity contribution in [1.29, 1.82) is 0 Å². The zero-order valence-corrected chi connectivity index (χ0v) is 14.7. The number of carboxylic acid groups (broad SMARTS) is 1. The number of benzene rings is 2. The third kappa shape index (κ3) is 3.70. The molecule has 0 radical (unpaired) electrons. The van der Waals surface area contributed by atoms with Crippen LogP contribution in [0.15, 0.2) is 42.5 Å². The number of hydrogen-bond donors (Lipinski definition) is 1. The van der Waals surface area contributed by atoms with E-state index in [1.165, 1.54) is 23.1 Å². The Morgan fingerprint density at radius 1 is 1.23 bits per heavy atom. The van der Waals surface area contributed by atoms with E-state index in [1.807, 2.05) is 13.0 Å². The molecule has 6 nitrogen and oxygen atoms in total. The zero-order valence-electron chi connectivity index (χ0n) is 14.0. The van der Waals surface area contributed by atoms with Gasteiger partial charge < -0.3 is 20.1 Å². The summed E-state index contributed by atoms with van der Waals surface area (Å²) in [6.07, 6.45) is 0.0809. The van der Waals surface area contributed by atoms with Crippen LogP contribution in [0.1, 0.15) is 22.3 Å². The molecule has 1 N–H and O–H groups in total. The maximum Gasteiger partial charge on any atom is 0.229 e. The molecule has 0 spiro atoms. The van der Waals surface area contributed by atoms with Crippen molar-refractivity contribution in [2.24, 2.45) is 5.92 Å². The van der Waals surface area contributed by atoms with Crippen molar-refractivity contribution in [2.75, 3.05) is 16.8 Å². The number of carbonyl (C=O) groups excluding carboxylic acids is 3. The van der Waals surface area contributed by atoms with Gasteiger partial charge in [-0.3, -0.25) is 9.59 Å². The predicted molar refractivity (Wildman–Crippen MR) is 96.1 cm³/mol. The lowest BCUT2D eigenvalue weighted by Gasteiger charge is -2.17. The highest BCUT2D eigenvalue weighted by molar-refractivity contribution is 6.31. The molecule has 0 aliphatic carbocycles. The molecule has 0 unspecified atom stereocenters. The van der Waals surface area contributed by atoms with Crippen molar-refractivity contribution >= 4 is 40.8 Å². The van der Waals surface area contributed by atoms with Crippen molar-refractivity contribution in [3.8, 4) is 0 Å². The second kappa shape index (κ2) is 7.17. The van der Waals surface area contributed by atoms with Gasteiger partial charge in [-0.1, -0.05) is 29.8 Å². The van der Waals surface area contributed by atoms with Gasteiger partial charge in [0.15, 0.2) is 0 Å². The van der Waals surface area contributed by atoms with Crippen LogP contribution < -0.4 is 15.3 Å². The average molecular weight is 372 g/mol. The standard InChI is InChI=1S/C19H17ClN2O4/c1-11-5-6-15(9-16(11)20)22-10-13(8-17(22)23)18(24)21-14-4-2-3-12(7-14)19(25)26/h2-7,9,13H,8,10H2,1H3,(H,21,24)(H,25,26)/p-1/t13-/m0/s1. The zero-order chi connectivity index (χ0) is 18.8. The fourth-order valence-corrected chi connectivity index (χ4v) is 3.03. The second-order valence-corrected chi connectivity index (χ2v) is 6.60. The molecule has 1 aliphatic rings. The van der Waals surface area contributed by atoms with E-state index in [2.05, 4.69) is 5.32 Å². The minimum Gasteiger partial charge on any atom is -0.545 e. The first-order valence-electron chi connectivity index (χ1n) is 8.04. The van der Waals surface area contributed by atoms with Crippen LogP contribution >= 0.6 is 11.6 Å². The minimum absolute atomic E-state index is 0.0266. The van der Waals surface area contributed by atoms with Crippen molar-refractivity contribution in [2.45, 2.75) is 13.3 Å². The third-order valence-corrected chi connectivity index (χ3v) is 4.74. The molecule has 2 aromatic carbocycles. The molecule has 2 amide bonds. The molecule has 1 atom stereocenters. The van der Waals surface area contributed by atoms with Crippen LogP contribution in [0.2, 0.25) is 5.02 Å². The van der Waals surface area contributed by atoms with Crippen molar-refractivity contribution in [3.05, 3.63) is 58.6 Å². The largest absolute Gasteiger partial charge is 0.545 e. The third-order valence-electron chi connectivity index (χ3n) is 4.33. The lowest BCUT2D eigenvalue weighted by atomic mass is 10.1. The lowest BCUT2D eigenvalue weighted by molar-refractivity contribution is -0.255. The summed E-state index contributed by atoms with van der Waals surface area (Å²) in [5.74, 6) is -2.35. The minimum atomic E-state index is -1.32. The maximum absolute atomic E-state index is 12.5. The summed E-state index contributed by atoms with van der Waals surface area (Å²) in [5, 5.41) is 14.1. The number of anilines is 2. The van der Waals surface area contributed by atoms with Gasteiger partial charge in [0.1, 0.15) is 0 Å². The summed E-state index contributed by atoms with van der Waals surface area (Å²) in [6, 6.07) is 11.1. The first-order valence-corrected chi connectivity index (χ1v) is 8.42. The van der Waals surface area contributed by atoms with Crippen LogP contribution in [-0.4, -0.2) is 24.3 Å². The Kier molecular flexibility index (Phi) is 4.95. The maximum atomic E-state index is 12.5. The fraction of sp³-hybridized carbons (Fsp3) is 0.211. The molecule has 26 heavy (non-hydrogen) atoms. The molecule has 0 bridgehead atoms. The van der Waals surface area contributed by atoms with E-state index in [-0.39, 0.29) is 30.3 Å². The smallest absolute Gasteiger partial charge is 0.229 e. The summed E-state index contributed by atoms with van der Waals surface area (Å²) in [7, 11) is 0. The predicted octanol–water partition coefficient (Wildman–Crippen LogP) is 2.00. The molecule has 0 aromatic heterocycles. The van der Waals surface area contributed by atoms with E-state index >= 15 is 0 Å². The molecule has 7 heteroatoms. The molecular weight excluding hydrogens is 356 g/mol. The van der Waals surface area contributed by atoms with Crippen LogP contribution in [0, 0.1) is 12.8 Å². The Morgan fingerprint density at radius 2 is 2.00 bits per heavy atom. The van der Waals surface area contributed by atoms with Crippen LogP contribution in [0.25, 0.3) is 0 Å². The lowest BCUT2D eigenvalue weighted by Crippen LogP contribution is -2.28. The number of aromatic carboxylic acids is 1. The molecule has 1 fully saturated rings. The molecule has 0 saturated carbocycles. The van der Waals surface area contributed by atoms with Gasteiger partial charge in [0.2, 0.25) is 11.8 Å². The molecule has 1 aliphatic heterocycles. The fourth-order valence-electron chi connectivity index (χ4n) is 2.85. The quantitative estimate of drug-likeness (QED) is 0.890. The molecule has 3 rings (SSSR count). The van der Waals surface area contributed by atoms with E-state index in [0.717, 1.165) is 5.56 Å². The highest BCUT2D eigenvalue weighted by Crippen LogP contribution is 2.29. The Labute approximate surface area is 155 Å². The number of carbonyl (C=O) groups is 3. The van der Waals surface area contributed by atoms with Gasteiger partial charge in [0.05, 0.1) is 11.9 Å². The van der Waals surface area contributed by atoms with Crippen LogP contribution in [0.5, 0.6) is 0 Å². The summed E-state index contributed by atoms with van der Waals surface area (Å²) >= 11 is 6.12. The first kappa shape index (κ1) is 17.9. The van der Waals surface area contributed by atoms with E-state index in [9.17, 15) is 19.5 Å². The number of amides is 2. The van der Waals surface area contributed by atoms with Crippen LogP contribution in [-0.2, 0) is 9.59 Å². The number of halogens is 1. The Balaban J connectivity index is 1.71. The number of aryl methyl sites for hydroxylation is 1. The summed E-state index contributed by atoms with van der Waals surface area (Å²) in [6.45, 7) is 2.11. The molecule has 2 aromatic rings. The monoisotopic (exact) mass is 371 g/mol. The normalized spacial score (nSPS) is 16.6. The Bertz CT molecular complexity index is 897. The van der Waals surface area contributed by atoms with Gasteiger partial charge in [0.25, 0.3) is 0 Å². The van der Waals surface area contributed by atoms with E-state index in [4.69, 9.17) is 11.6 Å². The highest BCUT2D eigenvalue weighted by atomic mass is 35.5. The van der Waals surface area contributed by atoms with Gasteiger partial charge >= 0.3 is 0 Å². The molecule has 1 heterocycles. The van der Waals surface area contributed by atoms with Crippen molar-refractivity contribution in [1.82, 2.24) is 0 Å². The van der Waals surface area contributed by atoms with Crippen molar-refractivity contribution < 1.29 is 19.5 Å². The van der Waals surface area contributed by atoms with Gasteiger partial charge in [-0.25, -0.2) is 0 Å². The van der Waals surface area contributed by atoms with Crippen molar-refractivity contribution in [3.63, 3.8) is 0 Å². The van der Waals surface area contributed by atoms with E-state index in [0.29, 0.717) is 16.4 Å². The summed E-state index contributed by atoms with van der Waals surface area (Å²) in [4.78, 5) is 37.2. The Morgan fingerprint density at radius 3 is 2.69 bits per heavy atom. The van der Waals surface area contributed by atoms with Gasteiger partial charge in [-0.2, -0.15) is 0 Å². The van der Waals surface area contributed by atoms with Gasteiger partial charge in [-0.05, 0) is 42.3 Å². The Hall–Kier alpha value is -2.86. The molecular formula is C19H16ClN2O4-. The summed E-state index contributed by atoms with van der Waals surface area (Å²) in [5.41, 5.74) is 1.88. The van der Waals surface area contributed by atoms with Gasteiger partial charge in [-0.15, -0.1) is 0 Å². The highest BCUT2D eigenvalue weighted by Gasteiger charge is 2.35. The molecule has 134 valence electrons. The number of nitrogens with zero attached hydrogens (tertiary/aromatic N) is 1. The van der Waals surface area contributed by atoms with Gasteiger partial charge in [0, 0.05) is 29.4 Å². The van der Waals surface area contributed by atoms with E-state index < -0.39 is 11.9 Å². The number of carboxylic acids is 1. The van der Waals surface area contributed by atoms with E-state index in [1.54, 1.807) is 18.2 Å². The van der Waals surface area contributed by atoms with Crippen LogP contribution in [0.3, 0.4) is 0 Å².